The summed E-state index contributed by atoms with van der Waals surface area (Å²) in [6.07, 6.45) is 2.49. The normalized spacial score (nSPS) is 12.6. The van der Waals surface area contributed by atoms with Crippen LogP contribution in [-0.2, 0) is 19.5 Å². The molecule has 0 bridgehead atoms. The van der Waals surface area contributed by atoms with Crippen molar-refractivity contribution in [2.45, 2.75) is 11.8 Å². The van der Waals surface area contributed by atoms with Crippen LogP contribution in [-0.4, -0.2) is 20.6 Å². The highest BCUT2D eigenvalue weighted by molar-refractivity contribution is 7.90. The minimum absolute atomic E-state index is 0.140. The molecule has 19 heavy (non-hydrogen) atoms. The Morgan fingerprint density at radius 3 is 2.68 bits per heavy atom. The van der Waals surface area contributed by atoms with Gasteiger partial charge in [-0.1, -0.05) is 5.16 Å². The number of hydrogen-bond donors (Lipinski definition) is 0. The number of hydrogen-bond acceptors (Lipinski definition) is 6. The van der Waals surface area contributed by atoms with Crippen LogP contribution < -0.4 is 5.36 Å². The number of fused-ring (bicyclic) bond motifs is 1. The van der Waals surface area contributed by atoms with Gasteiger partial charge in [0.05, 0.1) is 11.2 Å². The standard InChI is InChI=1S/C12H11NO5S/c1-8(14)18-13-11-5-6-17-12-4-3-9(7-10(11)12)19(2,15)16/h3-7H,1-2H3. The van der Waals surface area contributed by atoms with E-state index in [1.807, 2.05) is 0 Å². The fourth-order valence-corrected chi connectivity index (χ4v) is 2.14. The zero-order chi connectivity index (χ0) is 14.0. The maximum atomic E-state index is 11.5. The van der Waals surface area contributed by atoms with Gasteiger partial charge in [-0.05, 0) is 18.2 Å². The second-order valence-electron chi connectivity index (χ2n) is 3.91. The van der Waals surface area contributed by atoms with E-state index in [1.165, 1.54) is 37.5 Å². The first-order valence-electron chi connectivity index (χ1n) is 5.31. The van der Waals surface area contributed by atoms with Crippen LogP contribution in [0.2, 0.25) is 0 Å². The second-order valence-corrected chi connectivity index (χ2v) is 5.93. The minimum atomic E-state index is -3.33. The van der Waals surface area contributed by atoms with Crippen LogP contribution in [0.4, 0.5) is 0 Å². The van der Waals surface area contributed by atoms with E-state index in [2.05, 4.69) is 9.99 Å². The van der Waals surface area contributed by atoms with Crippen molar-refractivity contribution >= 4 is 26.8 Å². The Morgan fingerprint density at radius 1 is 1.32 bits per heavy atom. The summed E-state index contributed by atoms with van der Waals surface area (Å²) in [5.74, 6) is -0.562. The number of carbonyl (C=O) groups is 1. The number of sulfone groups is 1. The highest BCUT2D eigenvalue weighted by Crippen LogP contribution is 2.16. The molecule has 0 radical (unpaired) electrons. The number of carbonyl (C=O) groups excluding carboxylic acids is 1. The van der Waals surface area contributed by atoms with E-state index in [0.717, 1.165) is 6.26 Å². The number of benzene rings is 1. The van der Waals surface area contributed by atoms with E-state index >= 15 is 0 Å². The van der Waals surface area contributed by atoms with Crippen molar-refractivity contribution in [1.29, 1.82) is 0 Å². The molecule has 0 atom stereocenters. The SMILES string of the molecule is CC(=O)ON=c1ccoc2ccc(S(C)(=O)=O)cc12. The molecule has 0 fully saturated rings. The van der Waals surface area contributed by atoms with Gasteiger partial charge in [0.25, 0.3) is 0 Å². The monoisotopic (exact) mass is 281 g/mol. The van der Waals surface area contributed by atoms with E-state index in [-0.39, 0.29) is 4.90 Å². The van der Waals surface area contributed by atoms with Crippen LogP contribution in [0.15, 0.2) is 45.0 Å². The third-order valence-electron chi connectivity index (χ3n) is 2.35. The van der Waals surface area contributed by atoms with E-state index in [9.17, 15) is 13.2 Å². The molecule has 0 aliphatic rings. The minimum Gasteiger partial charge on any atom is -0.464 e. The van der Waals surface area contributed by atoms with Gasteiger partial charge < -0.3 is 9.25 Å². The first-order chi connectivity index (χ1) is 8.88. The fourth-order valence-electron chi connectivity index (χ4n) is 1.50. The van der Waals surface area contributed by atoms with Crippen LogP contribution in [0.25, 0.3) is 11.0 Å². The summed E-state index contributed by atoms with van der Waals surface area (Å²) >= 11 is 0. The smallest absolute Gasteiger partial charge is 0.332 e. The predicted molar refractivity (Wildman–Crippen MR) is 66.7 cm³/mol. The molecule has 2 aromatic rings. The Kier molecular flexibility index (Phi) is 3.39. The van der Waals surface area contributed by atoms with Crippen molar-refractivity contribution in [2.75, 3.05) is 6.26 Å². The first kappa shape index (κ1) is 13.3. The lowest BCUT2D eigenvalue weighted by atomic mass is 10.2. The Labute approximate surface area is 109 Å². The summed E-state index contributed by atoms with van der Waals surface area (Å²) in [4.78, 5) is 15.4. The fraction of sp³-hybridized carbons (Fsp3) is 0.167. The van der Waals surface area contributed by atoms with Gasteiger partial charge in [0.2, 0.25) is 0 Å². The maximum absolute atomic E-state index is 11.5. The number of nitrogens with zero attached hydrogens (tertiary/aromatic N) is 1. The van der Waals surface area contributed by atoms with Gasteiger partial charge in [0, 0.05) is 24.6 Å². The van der Waals surface area contributed by atoms with Gasteiger partial charge in [-0.2, -0.15) is 0 Å². The third-order valence-corrected chi connectivity index (χ3v) is 3.46. The highest BCUT2D eigenvalue weighted by Gasteiger charge is 2.09. The molecule has 1 aromatic carbocycles. The largest absolute Gasteiger partial charge is 0.464 e. The molecule has 2 rings (SSSR count). The lowest BCUT2D eigenvalue weighted by molar-refractivity contribution is -0.141. The van der Waals surface area contributed by atoms with Crippen LogP contribution >= 0.6 is 0 Å². The molecule has 0 spiro atoms. The van der Waals surface area contributed by atoms with E-state index < -0.39 is 15.8 Å². The Bertz CT molecular complexity index is 804. The summed E-state index contributed by atoms with van der Waals surface area (Å²) in [7, 11) is -3.33. The van der Waals surface area contributed by atoms with Gasteiger partial charge in [-0.15, -0.1) is 0 Å². The van der Waals surface area contributed by atoms with Crippen molar-refractivity contribution in [1.82, 2.24) is 0 Å². The van der Waals surface area contributed by atoms with E-state index in [1.54, 1.807) is 0 Å². The molecular weight excluding hydrogens is 270 g/mol. The molecular formula is C12H11NO5S. The molecule has 0 aliphatic heterocycles. The van der Waals surface area contributed by atoms with Crippen molar-refractivity contribution in [3.8, 4) is 0 Å². The molecule has 0 saturated heterocycles. The molecule has 0 unspecified atom stereocenters. The molecule has 7 heteroatoms. The predicted octanol–water partition coefficient (Wildman–Crippen LogP) is 1.22. The molecule has 1 heterocycles. The highest BCUT2D eigenvalue weighted by atomic mass is 32.2. The molecule has 0 amide bonds. The van der Waals surface area contributed by atoms with Gasteiger partial charge in [0.1, 0.15) is 10.9 Å². The van der Waals surface area contributed by atoms with Crippen LogP contribution in [0.3, 0.4) is 0 Å². The zero-order valence-corrected chi connectivity index (χ0v) is 11.1. The van der Waals surface area contributed by atoms with Crippen molar-refractivity contribution in [3.63, 3.8) is 0 Å². The number of rotatable bonds is 2. The van der Waals surface area contributed by atoms with Crippen molar-refractivity contribution in [3.05, 3.63) is 35.9 Å². The van der Waals surface area contributed by atoms with Gasteiger partial charge >= 0.3 is 5.97 Å². The first-order valence-corrected chi connectivity index (χ1v) is 7.20. The maximum Gasteiger partial charge on any atom is 0.332 e. The molecule has 0 saturated carbocycles. The average molecular weight is 281 g/mol. The molecule has 6 nitrogen and oxygen atoms in total. The van der Waals surface area contributed by atoms with Crippen LogP contribution in [0.5, 0.6) is 0 Å². The topological polar surface area (TPSA) is 85.9 Å². The Hall–Kier alpha value is -2.15. The molecule has 0 aliphatic carbocycles. The Morgan fingerprint density at radius 2 is 2.05 bits per heavy atom. The summed E-state index contributed by atoms with van der Waals surface area (Å²) < 4.78 is 28.2. The van der Waals surface area contributed by atoms with E-state index in [4.69, 9.17) is 4.42 Å². The average Bonchev–Trinajstić information content (AvgIpc) is 2.34. The molecule has 0 N–H and O–H groups in total. The molecule has 100 valence electrons. The van der Waals surface area contributed by atoms with Crippen molar-refractivity contribution < 1.29 is 22.5 Å². The lowest BCUT2D eigenvalue weighted by Crippen LogP contribution is -2.06. The summed E-state index contributed by atoms with van der Waals surface area (Å²) in [5, 5.41) is 4.42. The Balaban J connectivity index is 2.72. The summed E-state index contributed by atoms with van der Waals surface area (Å²) in [6, 6.07) is 5.88. The molecule has 1 aromatic heterocycles. The lowest BCUT2D eigenvalue weighted by Gasteiger charge is -2.01. The van der Waals surface area contributed by atoms with Gasteiger partial charge in [0.15, 0.2) is 9.84 Å². The quantitative estimate of drug-likeness (QED) is 0.610. The third kappa shape index (κ3) is 3.00. The zero-order valence-electron chi connectivity index (χ0n) is 10.3. The van der Waals surface area contributed by atoms with Crippen LogP contribution in [0.1, 0.15) is 6.92 Å². The summed E-state index contributed by atoms with van der Waals surface area (Å²) in [6.45, 7) is 1.22. The second kappa shape index (κ2) is 4.85. The van der Waals surface area contributed by atoms with Gasteiger partial charge in [-0.25, -0.2) is 13.2 Å². The van der Waals surface area contributed by atoms with E-state index in [0.29, 0.717) is 16.3 Å². The van der Waals surface area contributed by atoms with Gasteiger partial charge in [-0.3, -0.25) is 0 Å². The summed E-state index contributed by atoms with van der Waals surface area (Å²) in [5.41, 5.74) is 0.445. The van der Waals surface area contributed by atoms with Crippen molar-refractivity contribution in [2.24, 2.45) is 5.16 Å². The van der Waals surface area contributed by atoms with Crippen LogP contribution in [0, 0.1) is 0 Å².